The fourth-order valence-corrected chi connectivity index (χ4v) is 3.20. The maximum absolute atomic E-state index is 12.6. The zero-order chi connectivity index (χ0) is 18.7. The summed E-state index contributed by atoms with van der Waals surface area (Å²) in [5.41, 5.74) is 2.74. The Kier molecular flexibility index (Phi) is 5.47. The van der Waals surface area contributed by atoms with E-state index in [1.165, 1.54) is 12.7 Å². The van der Waals surface area contributed by atoms with Crippen molar-refractivity contribution in [1.29, 1.82) is 0 Å². The van der Waals surface area contributed by atoms with E-state index < -0.39 is 5.92 Å². The molecule has 3 rings (SSSR count). The van der Waals surface area contributed by atoms with Gasteiger partial charge in [0.15, 0.2) is 0 Å². The summed E-state index contributed by atoms with van der Waals surface area (Å²) in [5.74, 6) is -0.0747. The first-order valence-electron chi connectivity index (χ1n) is 8.44. The van der Waals surface area contributed by atoms with E-state index in [0.29, 0.717) is 29.5 Å². The number of carbonyl (C=O) groups is 2. The Morgan fingerprint density at radius 2 is 2.00 bits per heavy atom. The molecule has 1 N–H and O–H groups in total. The fraction of sp³-hybridized carbons (Fsp3) is 0.300. The van der Waals surface area contributed by atoms with Gasteiger partial charge in [0, 0.05) is 24.5 Å². The maximum atomic E-state index is 12.6. The van der Waals surface area contributed by atoms with Gasteiger partial charge in [-0.1, -0.05) is 41.4 Å². The summed E-state index contributed by atoms with van der Waals surface area (Å²) in [6.45, 7) is 2.94. The SMILES string of the molecule is COc1ccc(Cl)cc1NC(=O)[C@H]1CC(=O)N(Cc2ccc(C)cc2)C1. The van der Waals surface area contributed by atoms with Crippen molar-refractivity contribution in [2.24, 2.45) is 5.92 Å². The van der Waals surface area contributed by atoms with Crippen molar-refractivity contribution < 1.29 is 14.3 Å². The Balaban J connectivity index is 1.65. The lowest BCUT2D eigenvalue weighted by atomic mass is 10.1. The summed E-state index contributed by atoms with van der Waals surface area (Å²) >= 11 is 6.00. The molecule has 0 bridgehead atoms. The lowest BCUT2D eigenvalue weighted by Gasteiger charge is -2.17. The molecule has 0 saturated carbocycles. The molecule has 6 heteroatoms. The molecule has 5 nitrogen and oxygen atoms in total. The molecule has 1 fully saturated rings. The van der Waals surface area contributed by atoms with Crippen LogP contribution in [0.5, 0.6) is 5.75 Å². The number of nitrogens with one attached hydrogen (secondary N) is 1. The zero-order valence-corrected chi connectivity index (χ0v) is 15.5. The van der Waals surface area contributed by atoms with Crippen molar-refractivity contribution in [2.75, 3.05) is 19.0 Å². The highest BCUT2D eigenvalue weighted by atomic mass is 35.5. The van der Waals surface area contributed by atoms with Gasteiger partial charge < -0.3 is 15.0 Å². The number of methoxy groups -OCH3 is 1. The molecule has 26 heavy (non-hydrogen) atoms. The monoisotopic (exact) mass is 372 g/mol. The largest absolute Gasteiger partial charge is 0.495 e. The molecule has 0 spiro atoms. The van der Waals surface area contributed by atoms with Crippen molar-refractivity contribution in [3.05, 3.63) is 58.6 Å². The van der Waals surface area contributed by atoms with Crippen molar-refractivity contribution >= 4 is 29.1 Å². The van der Waals surface area contributed by atoms with Crippen LogP contribution in [-0.2, 0) is 16.1 Å². The molecule has 0 aliphatic carbocycles. The van der Waals surface area contributed by atoms with Gasteiger partial charge in [0.25, 0.3) is 0 Å². The van der Waals surface area contributed by atoms with Crippen LogP contribution in [-0.4, -0.2) is 30.4 Å². The van der Waals surface area contributed by atoms with Crippen LogP contribution in [0, 0.1) is 12.8 Å². The van der Waals surface area contributed by atoms with Gasteiger partial charge in [-0.3, -0.25) is 9.59 Å². The number of benzene rings is 2. The van der Waals surface area contributed by atoms with E-state index in [9.17, 15) is 9.59 Å². The summed E-state index contributed by atoms with van der Waals surface area (Å²) in [7, 11) is 1.53. The molecule has 2 aromatic carbocycles. The molecule has 0 unspecified atom stereocenters. The van der Waals surface area contributed by atoms with Gasteiger partial charge in [-0.2, -0.15) is 0 Å². The number of ether oxygens (including phenoxy) is 1. The highest BCUT2D eigenvalue weighted by Gasteiger charge is 2.34. The molecule has 136 valence electrons. The molecule has 0 radical (unpaired) electrons. The number of nitrogens with zero attached hydrogens (tertiary/aromatic N) is 1. The highest BCUT2D eigenvalue weighted by Crippen LogP contribution is 2.29. The van der Waals surface area contributed by atoms with Gasteiger partial charge in [0.2, 0.25) is 11.8 Å². The first kappa shape index (κ1) is 18.3. The number of amides is 2. The third-order valence-corrected chi connectivity index (χ3v) is 4.73. The third-order valence-electron chi connectivity index (χ3n) is 4.50. The van der Waals surface area contributed by atoms with E-state index in [-0.39, 0.29) is 18.2 Å². The number of anilines is 1. The van der Waals surface area contributed by atoms with Gasteiger partial charge in [0.1, 0.15) is 5.75 Å². The van der Waals surface area contributed by atoms with Gasteiger partial charge in [-0.05, 0) is 30.7 Å². The van der Waals surface area contributed by atoms with E-state index in [1.54, 1.807) is 23.1 Å². The van der Waals surface area contributed by atoms with E-state index >= 15 is 0 Å². The Hall–Kier alpha value is -2.53. The Labute approximate surface area is 157 Å². The summed E-state index contributed by atoms with van der Waals surface area (Å²) < 4.78 is 5.24. The van der Waals surface area contributed by atoms with E-state index in [0.717, 1.165) is 5.56 Å². The number of likely N-dealkylation sites (tertiary alicyclic amines) is 1. The Bertz CT molecular complexity index is 820. The molecule has 1 saturated heterocycles. The molecular formula is C20H21ClN2O3. The Morgan fingerprint density at radius 3 is 2.69 bits per heavy atom. The van der Waals surface area contributed by atoms with Crippen LogP contribution in [0.4, 0.5) is 5.69 Å². The van der Waals surface area contributed by atoms with Crippen LogP contribution in [0.15, 0.2) is 42.5 Å². The minimum Gasteiger partial charge on any atom is -0.495 e. The van der Waals surface area contributed by atoms with Gasteiger partial charge in [0.05, 0.1) is 18.7 Å². The number of carbonyl (C=O) groups excluding carboxylic acids is 2. The van der Waals surface area contributed by atoms with Gasteiger partial charge in [-0.15, -0.1) is 0 Å². The molecule has 1 aliphatic heterocycles. The molecular weight excluding hydrogens is 352 g/mol. The molecule has 1 atom stereocenters. The van der Waals surface area contributed by atoms with Crippen LogP contribution in [0.2, 0.25) is 5.02 Å². The summed E-state index contributed by atoms with van der Waals surface area (Å²) in [4.78, 5) is 26.6. The zero-order valence-electron chi connectivity index (χ0n) is 14.8. The van der Waals surface area contributed by atoms with Crippen molar-refractivity contribution in [2.45, 2.75) is 19.9 Å². The van der Waals surface area contributed by atoms with Crippen LogP contribution in [0.25, 0.3) is 0 Å². The lowest BCUT2D eigenvalue weighted by Crippen LogP contribution is -2.28. The van der Waals surface area contributed by atoms with Crippen LogP contribution in [0.1, 0.15) is 17.5 Å². The minimum atomic E-state index is -0.392. The highest BCUT2D eigenvalue weighted by molar-refractivity contribution is 6.31. The van der Waals surface area contributed by atoms with Crippen LogP contribution in [0.3, 0.4) is 0 Å². The van der Waals surface area contributed by atoms with Crippen molar-refractivity contribution in [1.82, 2.24) is 4.90 Å². The quantitative estimate of drug-likeness (QED) is 0.871. The van der Waals surface area contributed by atoms with Crippen molar-refractivity contribution in [3.63, 3.8) is 0 Å². The Morgan fingerprint density at radius 1 is 1.27 bits per heavy atom. The second-order valence-corrected chi connectivity index (χ2v) is 6.93. The molecule has 2 aromatic rings. The summed E-state index contributed by atoms with van der Waals surface area (Å²) in [6.07, 6.45) is 0.209. The minimum absolute atomic E-state index is 0.0104. The predicted molar refractivity (Wildman–Crippen MR) is 101 cm³/mol. The fourth-order valence-electron chi connectivity index (χ4n) is 3.03. The number of rotatable bonds is 5. The summed E-state index contributed by atoms with van der Waals surface area (Å²) in [6, 6.07) is 13.1. The van der Waals surface area contributed by atoms with E-state index in [2.05, 4.69) is 5.32 Å². The molecule has 1 aliphatic rings. The van der Waals surface area contributed by atoms with Crippen LogP contribution >= 0.6 is 11.6 Å². The first-order valence-corrected chi connectivity index (χ1v) is 8.82. The van der Waals surface area contributed by atoms with Gasteiger partial charge in [-0.25, -0.2) is 0 Å². The van der Waals surface area contributed by atoms with E-state index in [1.807, 2.05) is 31.2 Å². The first-order chi connectivity index (χ1) is 12.5. The van der Waals surface area contributed by atoms with Crippen LogP contribution < -0.4 is 10.1 Å². The molecule has 1 heterocycles. The topological polar surface area (TPSA) is 58.6 Å². The predicted octanol–water partition coefficient (Wildman–Crippen LogP) is 3.64. The molecule has 0 aromatic heterocycles. The third kappa shape index (κ3) is 4.17. The second-order valence-electron chi connectivity index (χ2n) is 6.49. The number of aryl methyl sites for hydroxylation is 1. The number of hydrogen-bond donors (Lipinski definition) is 1. The normalized spacial score (nSPS) is 16.7. The smallest absolute Gasteiger partial charge is 0.229 e. The lowest BCUT2D eigenvalue weighted by molar-refractivity contribution is -0.128. The maximum Gasteiger partial charge on any atom is 0.229 e. The summed E-state index contributed by atoms with van der Waals surface area (Å²) in [5, 5.41) is 3.33. The van der Waals surface area contributed by atoms with Crippen molar-refractivity contribution in [3.8, 4) is 5.75 Å². The van der Waals surface area contributed by atoms with Gasteiger partial charge >= 0.3 is 0 Å². The second kappa shape index (κ2) is 7.79. The van der Waals surface area contributed by atoms with E-state index in [4.69, 9.17) is 16.3 Å². The average molecular weight is 373 g/mol. The number of hydrogen-bond acceptors (Lipinski definition) is 3. The number of halogens is 1. The molecule has 2 amide bonds. The average Bonchev–Trinajstić information content (AvgIpc) is 2.98. The standard InChI is InChI=1S/C20H21ClN2O3/c1-13-3-5-14(6-4-13)11-23-12-15(9-19(23)24)20(25)22-17-10-16(21)7-8-18(17)26-2/h3-8,10,15H,9,11-12H2,1-2H3,(H,22,25)/t15-/m0/s1.